The Morgan fingerprint density at radius 3 is 2.53 bits per heavy atom. The fourth-order valence-electron chi connectivity index (χ4n) is 3.65. The van der Waals surface area contributed by atoms with Crippen LogP contribution < -0.4 is 5.69 Å². The van der Waals surface area contributed by atoms with Crippen LogP contribution in [0.15, 0.2) is 53.3 Å². The van der Waals surface area contributed by atoms with Crippen LogP contribution in [-0.2, 0) is 13.1 Å². The van der Waals surface area contributed by atoms with Gasteiger partial charge in [0.2, 0.25) is 5.82 Å². The molecule has 0 radical (unpaired) electrons. The van der Waals surface area contributed by atoms with Crippen LogP contribution in [-0.4, -0.2) is 35.0 Å². The standard InChI is InChI=1S/C24H25N7O/c1-4-6-15-31-24(32)30(23(27-31)17(3)5-2)16-18-11-13-19(14-12-18)20-9-7-8-10-21(20)22-25-28-29-26-22/h1,7-14,17H,5-6,15-16H2,2-3H3,(H,25,26,28,29). The second-order valence-electron chi connectivity index (χ2n) is 7.69. The molecule has 0 fully saturated rings. The van der Waals surface area contributed by atoms with Gasteiger partial charge in [0, 0.05) is 17.9 Å². The minimum atomic E-state index is -0.123. The predicted molar refractivity (Wildman–Crippen MR) is 123 cm³/mol. The zero-order chi connectivity index (χ0) is 22.5. The Kier molecular flexibility index (Phi) is 6.26. The predicted octanol–water partition coefficient (Wildman–Crippen LogP) is 3.48. The summed E-state index contributed by atoms with van der Waals surface area (Å²) in [5.41, 5.74) is 3.85. The van der Waals surface area contributed by atoms with Crippen LogP contribution >= 0.6 is 0 Å². The van der Waals surface area contributed by atoms with Gasteiger partial charge in [-0.2, -0.15) is 10.3 Å². The molecule has 0 bridgehead atoms. The molecule has 1 atom stereocenters. The van der Waals surface area contributed by atoms with Crippen molar-refractivity contribution in [2.45, 2.75) is 45.7 Å². The number of nitrogens with one attached hydrogen (secondary N) is 1. The number of tetrazole rings is 1. The summed E-state index contributed by atoms with van der Waals surface area (Å²) in [4.78, 5) is 13.0. The number of aromatic amines is 1. The fourth-order valence-corrected chi connectivity index (χ4v) is 3.65. The molecule has 0 spiro atoms. The van der Waals surface area contributed by atoms with E-state index in [0.29, 0.717) is 25.3 Å². The number of rotatable bonds is 8. The molecule has 0 amide bonds. The number of H-pyrrole nitrogens is 1. The molecule has 2 aromatic heterocycles. The molecule has 32 heavy (non-hydrogen) atoms. The molecule has 4 aromatic rings. The number of aryl methyl sites for hydroxylation is 1. The smallest absolute Gasteiger partial charge is 0.274 e. The van der Waals surface area contributed by atoms with Crippen LogP contribution in [0.4, 0.5) is 0 Å². The van der Waals surface area contributed by atoms with Crippen molar-refractivity contribution in [3.05, 3.63) is 70.4 Å². The molecule has 8 heteroatoms. The molecule has 8 nitrogen and oxygen atoms in total. The van der Waals surface area contributed by atoms with Crippen molar-refractivity contribution in [1.29, 1.82) is 0 Å². The van der Waals surface area contributed by atoms with Crippen LogP contribution in [0.25, 0.3) is 22.5 Å². The van der Waals surface area contributed by atoms with Crippen molar-refractivity contribution >= 4 is 0 Å². The van der Waals surface area contributed by atoms with Gasteiger partial charge < -0.3 is 0 Å². The van der Waals surface area contributed by atoms with Crippen LogP contribution in [0.5, 0.6) is 0 Å². The maximum Gasteiger partial charge on any atom is 0.346 e. The molecule has 0 saturated heterocycles. The third-order valence-corrected chi connectivity index (χ3v) is 5.59. The molecular formula is C24H25N7O. The minimum Gasteiger partial charge on any atom is -0.274 e. The van der Waals surface area contributed by atoms with E-state index in [-0.39, 0.29) is 11.6 Å². The van der Waals surface area contributed by atoms with Gasteiger partial charge >= 0.3 is 5.69 Å². The second-order valence-corrected chi connectivity index (χ2v) is 7.69. The first kappa shape index (κ1) is 21.2. The van der Waals surface area contributed by atoms with E-state index in [1.807, 2.05) is 48.5 Å². The maximum atomic E-state index is 13.0. The van der Waals surface area contributed by atoms with Crippen molar-refractivity contribution in [1.82, 2.24) is 35.0 Å². The number of terminal acetylenes is 1. The van der Waals surface area contributed by atoms with E-state index in [1.165, 1.54) is 4.68 Å². The van der Waals surface area contributed by atoms with Gasteiger partial charge in [0.25, 0.3) is 0 Å². The van der Waals surface area contributed by atoms with Crippen molar-refractivity contribution in [3.8, 4) is 34.9 Å². The van der Waals surface area contributed by atoms with Gasteiger partial charge in [-0.1, -0.05) is 62.4 Å². The first-order valence-corrected chi connectivity index (χ1v) is 10.7. The van der Waals surface area contributed by atoms with Gasteiger partial charge in [-0.3, -0.25) is 4.57 Å². The van der Waals surface area contributed by atoms with Gasteiger partial charge in [-0.15, -0.1) is 22.5 Å². The molecule has 1 N–H and O–H groups in total. The quantitative estimate of drug-likeness (QED) is 0.435. The van der Waals surface area contributed by atoms with Crippen LogP contribution in [0.2, 0.25) is 0 Å². The van der Waals surface area contributed by atoms with Gasteiger partial charge in [0.15, 0.2) is 0 Å². The van der Waals surface area contributed by atoms with Crippen molar-refractivity contribution in [2.24, 2.45) is 0 Å². The lowest BCUT2D eigenvalue weighted by molar-refractivity contribution is 0.585. The van der Waals surface area contributed by atoms with Crippen LogP contribution in [0, 0.1) is 12.3 Å². The lowest BCUT2D eigenvalue weighted by Crippen LogP contribution is -2.26. The minimum absolute atomic E-state index is 0.123. The molecule has 4 rings (SSSR count). The number of nitrogens with zero attached hydrogens (tertiary/aromatic N) is 6. The Hall–Kier alpha value is -3.99. The highest BCUT2D eigenvalue weighted by Crippen LogP contribution is 2.29. The topological polar surface area (TPSA) is 94.3 Å². The van der Waals surface area contributed by atoms with E-state index in [4.69, 9.17) is 6.42 Å². The van der Waals surface area contributed by atoms with Gasteiger partial charge in [-0.05, 0) is 28.3 Å². The van der Waals surface area contributed by atoms with E-state index in [2.05, 4.69) is 45.5 Å². The number of aromatic nitrogens is 7. The van der Waals surface area contributed by atoms with Crippen molar-refractivity contribution in [2.75, 3.05) is 0 Å². The monoisotopic (exact) mass is 427 g/mol. The average molecular weight is 428 g/mol. The Morgan fingerprint density at radius 2 is 1.88 bits per heavy atom. The SMILES string of the molecule is C#CCCn1nc(C(C)CC)n(Cc2ccc(-c3ccccc3-c3nn[nH]n3)cc2)c1=O. The lowest BCUT2D eigenvalue weighted by Gasteiger charge is -2.11. The van der Waals surface area contributed by atoms with Gasteiger partial charge in [0.05, 0.1) is 13.1 Å². The molecule has 162 valence electrons. The zero-order valence-electron chi connectivity index (χ0n) is 18.2. The summed E-state index contributed by atoms with van der Waals surface area (Å²) in [7, 11) is 0. The Balaban J connectivity index is 1.64. The van der Waals surface area contributed by atoms with Crippen molar-refractivity contribution in [3.63, 3.8) is 0 Å². The summed E-state index contributed by atoms with van der Waals surface area (Å²) in [5.74, 6) is 4.10. The first-order chi connectivity index (χ1) is 15.6. The fraction of sp³-hybridized carbons (Fsp3) is 0.292. The summed E-state index contributed by atoms with van der Waals surface area (Å²) >= 11 is 0. The first-order valence-electron chi connectivity index (χ1n) is 10.7. The molecule has 2 aromatic carbocycles. The molecule has 1 unspecified atom stereocenters. The number of hydrogen-bond donors (Lipinski definition) is 1. The normalized spacial score (nSPS) is 11.9. The van der Waals surface area contributed by atoms with E-state index >= 15 is 0 Å². The number of hydrogen-bond acceptors (Lipinski definition) is 5. The van der Waals surface area contributed by atoms with Crippen LogP contribution in [0.3, 0.4) is 0 Å². The molecule has 0 aliphatic heterocycles. The highest BCUT2D eigenvalue weighted by molar-refractivity contribution is 5.80. The maximum absolute atomic E-state index is 13.0. The van der Waals surface area contributed by atoms with Gasteiger partial charge in [-0.25, -0.2) is 9.48 Å². The third-order valence-electron chi connectivity index (χ3n) is 5.59. The Bertz CT molecular complexity index is 1280. The summed E-state index contributed by atoms with van der Waals surface area (Å²) < 4.78 is 3.24. The molecule has 2 heterocycles. The largest absolute Gasteiger partial charge is 0.346 e. The second kappa shape index (κ2) is 9.43. The summed E-state index contributed by atoms with van der Waals surface area (Å²) in [5, 5.41) is 18.9. The molecular weight excluding hydrogens is 402 g/mol. The lowest BCUT2D eigenvalue weighted by atomic mass is 9.98. The van der Waals surface area contributed by atoms with E-state index in [1.54, 1.807) is 4.57 Å². The molecule has 0 aliphatic carbocycles. The summed E-state index contributed by atoms with van der Waals surface area (Å²) in [6.07, 6.45) is 6.75. The number of benzene rings is 2. The van der Waals surface area contributed by atoms with Gasteiger partial charge in [0.1, 0.15) is 5.82 Å². The van der Waals surface area contributed by atoms with E-state index in [9.17, 15) is 4.79 Å². The van der Waals surface area contributed by atoms with Crippen LogP contribution in [0.1, 0.15) is 44.0 Å². The van der Waals surface area contributed by atoms with Crippen molar-refractivity contribution < 1.29 is 0 Å². The van der Waals surface area contributed by atoms with E-state index in [0.717, 1.165) is 34.5 Å². The summed E-state index contributed by atoms with van der Waals surface area (Å²) in [6.45, 7) is 5.07. The highest BCUT2D eigenvalue weighted by atomic mass is 16.2. The zero-order valence-corrected chi connectivity index (χ0v) is 18.2. The average Bonchev–Trinajstić information content (AvgIpc) is 3.47. The Labute approximate surface area is 186 Å². The molecule has 0 saturated carbocycles. The van der Waals surface area contributed by atoms with E-state index < -0.39 is 0 Å². The summed E-state index contributed by atoms with van der Waals surface area (Å²) in [6, 6.07) is 16.1. The highest BCUT2D eigenvalue weighted by Gasteiger charge is 2.18. The molecule has 0 aliphatic rings. The Morgan fingerprint density at radius 1 is 1.12 bits per heavy atom. The third kappa shape index (κ3) is 4.23.